The number of carbonyl (C=O) groups is 3. The molecular weight excluding hydrogens is 717 g/mol. The van der Waals surface area contributed by atoms with E-state index in [1.54, 1.807) is 12.2 Å². The highest BCUT2D eigenvalue weighted by atomic mass is 32.2. The molecule has 4 aliphatic carbocycles. The van der Waals surface area contributed by atoms with E-state index in [-0.39, 0.29) is 58.3 Å². The van der Waals surface area contributed by atoms with E-state index in [9.17, 15) is 50.5 Å². The Kier molecular flexibility index (Phi) is 9.78. The maximum atomic E-state index is 13.0. The minimum absolute atomic E-state index is 0.0682. The van der Waals surface area contributed by atoms with Gasteiger partial charge in [0, 0.05) is 34.3 Å². The van der Waals surface area contributed by atoms with Gasteiger partial charge in [0.2, 0.25) is 0 Å². The summed E-state index contributed by atoms with van der Waals surface area (Å²) in [4.78, 5) is 46.7. The van der Waals surface area contributed by atoms with Crippen LogP contribution in [0, 0.1) is 11.8 Å². The van der Waals surface area contributed by atoms with Crippen molar-refractivity contribution in [3.63, 3.8) is 0 Å². The Bertz CT molecular complexity index is 2170. The molecule has 0 fully saturated rings. The van der Waals surface area contributed by atoms with Gasteiger partial charge in [-0.3, -0.25) is 18.7 Å². The number of fused-ring (bicyclic) bond motifs is 2. The lowest BCUT2D eigenvalue weighted by molar-refractivity contribution is 0.0993. The molecule has 268 valence electrons. The predicted octanol–water partition coefficient (Wildman–Crippen LogP) is 4.92. The second kappa shape index (κ2) is 14.1. The summed E-state index contributed by atoms with van der Waals surface area (Å²) >= 11 is 0. The standard InChI is InChI=1S/C35H30N4O11S2/c40-25-17-11-19-3-1-5-27(51(45,46)47)29(19)31(25)38-33(42)21-7-13-23(14-8-21)36-35(44)37-24-15-9-22(10-16-24)34(43)39-32-26(41)18-12-20-4-2-6-28(30(20)32)52(48,49)50/h1-10,13-18,27-30,40-41H,11-12H2,(H2,36,37,44)(H,45,46,47)(H,48,49,50). The molecule has 0 radical (unpaired) electrons. The first-order valence-electron chi connectivity index (χ1n) is 15.6. The molecule has 4 amide bonds. The summed E-state index contributed by atoms with van der Waals surface area (Å²) < 4.78 is 67.6. The van der Waals surface area contributed by atoms with Crippen molar-refractivity contribution in [2.24, 2.45) is 21.8 Å². The number of aliphatic hydroxyl groups excluding tert-OH is 2. The van der Waals surface area contributed by atoms with Gasteiger partial charge in [0.15, 0.2) is 0 Å². The topological polar surface area (TPSA) is 249 Å². The predicted molar refractivity (Wildman–Crippen MR) is 192 cm³/mol. The Morgan fingerprint density at radius 2 is 0.981 bits per heavy atom. The molecule has 52 heavy (non-hydrogen) atoms. The van der Waals surface area contributed by atoms with E-state index >= 15 is 0 Å². The first-order chi connectivity index (χ1) is 24.6. The fourth-order valence-corrected chi connectivity index (χ4v) is 8.14. The van der Waals surface area contributed by atoms with Gasteiger partial charge in [0.05, 0.1) is 11.4 Å². The number of hydrogen-bond acceptors (Lipinski definition) is 9. The molecule has 0 aromatic heterocycles. The minimum atomic E-state index is -4.58. The number of carbonyl (C=O) groups excluding carboxylic acids is 3. The summed E-state index contributed by atoms with van der Waals surface area (Å²) in [6, 6.07) is 10.5. The van der Waals surface area contributed by atoms with Crippen LogP contribution in [0.15, 0.2) is 130 Å². The highest BCUT2D eigenvalue weighted by Gasteiger charge is 2.42. The second-order valence-corrected chi connectivity index (χ2v) is 15.2. The smallest absolute Gasteiger partial charge is 0.323 e. The zero-order valence-electron chi connectivity index (χ0n) is 26.8. The largest absolute Gasteiger partial charge is 0.506 e. The van der Waals surface area contributed by atoms with Crippen molar-refractivity contribution in [1.82, 2.24) is 0 Å². The molecule has 0 bridgehead atoms. The molecule has 0 saturated heterocycles. The van der Waals surface area contributed by atoms with E-state index in [1.165, 1.54) is 85.0 Å². The zero-order valence-corrected chi connectivity index (χ0v) is 28.5. The van der Waals surface area contributed by atoms with Crippen LogP contribution in [0.5, 0.6) is 0 Å². The average Bonchev–Trinajstić information content (AvgIpc) is 3.09. The Balaban J connectivity index is 1.10. The third-order valence-corrected chi connectivity index (χ3v) is 11.0. The van der Waals surface area contributed by atoms with Crippen molar-refractivity contribution >= 4 is 60.9 Å². The SMILES string of the molecule is O=C(Nc1ccc(C(=O)N=C2C(O)=CCC3=CC=CC(S(=O)(=O)O)C32)cc1)Nc1ccc(C(=O)N=C2C(O)=CCC3=CC=CC(S(=O)(=O)O)C32)cc1. The van der Waals surface area contributed by atoms with Crippen LogP contribution >= 0.6 is 0 Å². The van der Waals surface area contributed by atoms with Crippen molar-refractivity contribution in [3.8, 4) is 0 Å². The lowest BCUT2D eigenvalue weighted by Gasteiger charge is -2.31. The van der Waals surface area contributed by atoms with Crippen LogP contribution in [-0.4, -0.2) is 75.9 Å². The fraction of sp³-hybridized carbons (Fsp3) is 0.171. The van der Waals surface area contributed by atoms with Crippen LogP contribution in [-0.2, 0) is 20.2 Å². The Labute approximate surface area is 297 Å². The number of aliphatic imine (C=N–C) groups is 2. The quantitative estimate of drug-likeness (QED) is 0.216. The molecule has 2 aromatic rings. The monoisotopic (exact) mass is 746 g/mol. The maximum absolute atomic E-state index is 13.0. The number of nitrogens with zero attached hydrogens (tertiary/aromatic N) is 2. The number of nitrogens with one attached hydrogen (secondary N) is 2. The number of urea groups is 1. The van der Waals surface area contributed by atoms with Crippen LogP contribution < -0.4 is 10.6 Å². The third kappa shape index (κ3) is 7.62. The van der Waals surface area contributed by atoms with Gasteiger partial charge in [0.1, 0.15) is 22.0 Å². The van der Waals surface area contributed by atoms with E-state index < -0.39 is 60.4 Å². The molecule has 2 aromatic carbocycles. The summed E-state index contributed by atoms with van der Waals surface area (Å²) in [6.45, 7) is 0. The summed E-state index contributed by atoms with van der Waals surface area (Å²) in [7, 11) is -9.16. The Morgan fingerprint density at radius 1 is 0.615 bits per heavy atom. The normalized spacial score (nSPS) is 24.1. The molecular formula is C35H30N4O11S2. The van der Waals surface area contributed by atoms with Crippen LogP contribution in [0.2, 0.25) is 0 Å². The maximum Gasteiger partial charge on any atom is 0.323 e. The fourth-order valence-electron chi connectivity index (χ4n) is 6.27. The highest BCUT2D eigenvalue weighted by Crippen LogP contribution is 2.36. The molecule has 4 aliphatic rings. The second-order valence-electron chi connectivity index (χ2n) is 12.1. The van der Waals surface area contributed by atoms with E-state index in [2.05, 4.69) is 20.6 Å². The van der Waals surface area contributed by atoms with Crippen LogP contribution in [0.4, 0.5) is 16.2 Å². The van der Waals surface area contributed by atoms with Gasteiger partial charge in [-0.2, -0.15) is 16.8 Å². The third-order valence-electron chi connectivity index (χ3n) is 8.77. The average molecular weight is 747 g/mol. The molecule has 0 heterocycles. The van der Waals surface area contributed by atoms with Crippen molar-refractivity contribution in [2.45, 2.75) is 23.3 Å². The highest BCUT2D eigenvalue weighted by molar-refractivity contribution is 7.87. The summed E-state index contributed by atoms with van der Waals surface area (Å²) in [5, 5.41) is 23.3. The molecule has 15 nitrogen and oxygen atoms in total. The number of benzene rings is 2. The lowest BCUT2D eigenvalue weighted by Crippen LogP contribution is -2.39. The van der Waals surface area contributed by atoms with Crippen molar-refractivity contribution in [3.05, 3.63) is 131 Å². The van der Waals surface area contributed by atoms with E-state index in [0.29, 0.717) is 11.1 Å². The summed E-state index contributed by atoms with van der Waals surface area (Å²) in [5.41, 5.74) is 1.42. The van der Waals surface area contributed by atoms with Gasteiger partial charge in [-0.15, -0.1) is 0 Å². The molecule has 6 rings (SSSR count). The number of aliphatic hydroxyl groups is 2. The van der Waals surface area contributed by atoms with E-state index in [1.807, 2.05) is 0 Å². The lowest BCUT2D eigenvalue weighted by atomic mass is 9.80. The Hall–Kier alpha value is -5.75. The minimum Gasteiger partial charge on any atom is -0.506 e. The molecule has 0 spiro atoms. The first-order valence-corrected chi connectivity index (χ1v) is 18.6. The van der Waals surface area contributed by atoms with E-state index in [0.717, 1.165) is 0 Å². The van der Waals surface area contributed by atoms with Crippen molar-refractivity contribution < 1.29 is 50.5 Å². The molecule has 0 aliphatic heterocycles. The van der Waals surface area contributed by atoms with Gasteiger partial charge in [-0.05, 0) is 73.5 Å². The molecule has 6 N–H and O–H groups in total. The Morgan fingerprint density at radius 3 is 1.33 bits per heavy atom. The number of allylic oxidation sites excluding steroid dienone is 10. The number of hydrogen-bond donors (Lipinski definition) is 6. The summed E-state index contributed by atoms with van der Waals surface area (Å²) in [5.74, 6) is -4.44. The van der Waals surface area contributed by atoms with Crippen molar-refractivity contribution in [2.75, 3.05) is 10.6 Å². The number of rotatable bonds is 6. The van der Waals surface area contributed by atoms with Gasteiger partial charge in [0.25, 0.3) is 32.1 Å². The molecule has 17 heteroatoms. The van der Waals surface area contributed by atoms with E-state index in [4.69, 9.17) is 0 Å². The molecule has 4 atom stereocenters. The van der Waals surface area contributed by atoms with Gasteiger partial charge in [-0.25, -0.2) is 14.8 Å². The molecule has 0 saturated carbocycles. The number of amides is 4. The van der Waals surface area contributed by atoms with Gasteiger partial charge < -0.3 is 20.8 Å². The van der Waals surface area contributed by atoms with Crippen LogP contribution in [0.25, 0.3) is 0 Å². The van der Waals surface area contributed by atoms with Crippen LogP contribution in [0.1, 0.15) is 33.6 Å². The number of anilines is 2. The van der Waals surface area contributed by atoms with Gasteiger partial charge in [-0.1, -0.05) is 47.6 Å². The van der Waals surface area contributed by atoms with Gasteiger partial charge >= 0.3 is 6.03 Å². The molecule has 4 unspecified atom stereocenters. The summed E-state index contributed by atoms with van der Waals surface area (Å²) in [6.07, 6.45) is 12.0. The zero-order chi connectivity index (χ0) is 37.4. The van der Waals surface area contributed by atoms with Crippen LogP contribution in [0.3, 0.4) is 0 Å². The first kappa shape index (κ1) is 36.1. The van der Waals surface area contributed by atoms with Crippen molar-refractivity contribution in [1.29, 1.82) is 0 Å².